The molecule has 2 rings (SSSR count). The Hall–Kier alpha value is -1.58. The summed E-state index contributed by atoms with van der Waals surface area (Å²) in [6, 6.07) is 4.04. The van der Waals surface area contributed by atoms with Crippen molar-refractivity contribution in [1.82, 2.24) is 4.98 Å². The molecule has 1 N–H and O–H groups in total. The molecule has 1 aromatic rings. The van der Waals surface area contributed by atoms with Crippen molar-refractivity contribution < 1.29 is 9.90 Å². The molecule has 4 nitrogen and oxygen atoms in total. The molecule has 1 aromatic heterocycles. The number of pyridine rings is 1. The van der Waals surface area contributed by atoms with Gasteiger partial charge in [-0.15, -0.1) is 0 Å². The second-order valence-corrected chi connectivity index (χ2v) is 4.21. The minimum atomic E-state index is -0.951. The third-order valence-electron chi connectivity index (χ3n) is 3.10. The number of piperidine rings is 1. The quantitative estimate of drug-likeness (QED) is 0.829. The molecule has 1 saturated heterocycles. The predicted molar refractivity (Wildman–Crippen MR) is 61.9 cm³/mol. The summed E-state index contributed by atoms with van der Waals surface area (Å²) in [6.45, 7) is 3.06. The van der Waals surface area contributed by atoms with Crippen LogP contribution in [0.25, 0.3) is 0 Å². The van der Waals surface area contributed by atoms with E-state index in [-0.39, 0.29) is 5.69 Å². The van der Waals surface area contributed by atoms with Crippen molar-refractivity contribution in [3.63, 3.8) is 0 Å². The molecule has 0 amide bonds. The first-order chi connectivity index (χ1) is 7.70. The van der Waals surface area contributed by atoms with Crippen molar-refractivity contribution in [3.05, 3.63) is 24.0 Å². The molecule has 1 unspecified atom stereocenters. The summed E-state index contributed by atoms with van der Waals surface area (Å²) in [5, 5.41) is 9.09. The Kier molecular flexibility index (Phi) is 3.08. The molecule has 16 heavy (non-hydrogen) atoms. The molecule has 1 aliphatic heterocycles. The first-order valence-electron chi connectivity index (χ1n) is 5.65. The van der Waals surface area contributed by atoms with Gasteiger partial charge in [-0.1, -0.05) is 0 Å². The van der Waals surface area contributed by atoms with E-state index in [9.17, 15) is 4.79 Å². The molecule has 0 radical (unpaired) electrons. The highest BCUT2D eigenvalue weighted by atomic mass is 16.4. The van der Waals surface area contributed by atoms with E-state index < -0.39 is 5.97 Å². The van der Waals surface area contributed by atoms with Gasteiger partial charge < -0.3 is 10.0 Å². The summed E-state index contributed by atoms with van der Waals surface area (Å²) >= 11 is 0. The Morgan fingerprint density at radius 1 is 1.56 bits per heavy atom. The Morgan fingerprint density at radius 2 is 2.38 bits per heavy atom. The molecular formula is C12H16N2O2. The second-order valence-electron chi connectivity index (χ2n) is 4.21. The Morgan fingerprint density at radius 3 is 3.06 bits per heavy atom. The van der Waals surface area contributed by atoms with Crippen LogP contribution >= 0.6 is 0 Å². The molecule has 86 valence electrons. The number of anilines is 1. The predicted octanol–water partition coefficient (Wildman–Crippen LogP) is 2.16. The van der Waals surface area contributed by atoms with E-state index in [0.29, 0.717) is 6.04 Å². The average Bonchev–Trinajstić information content (AvgIpc) is 2.29. The van der Waals surface area contributed by atoms with Crippen LogP contribution in [0.4, 0.5) is 5.69 Å². The maximum absolute atomic E-state index is 11.1. The normalized spacial score (nSPS) is 20.8. The van der Waals surface area contributed by atoms with Crippen molar-refractivity contribution in [2.75, 3.05) is 11.4 Å². The molecule has 0 aliphatic carbocycles. The molecule has 2 heterocycles. The van der Waals surface area contributed by atoms with Crippen LogP contribution in [0.3, 0.4) is 0 Å². The topological polar surface area (TPSA) is 53.4 Å². The van der Waals surface area contributed by atoms with Crippen molar-refractivity contribution in [2.45, 2.75) is 32.2 Å². The minimum absolute atomic E-state index is 0.163. The molecular weight excluding hydrogens is 204 g/mol. The summed E-state index contributed by atoms with van der Waals surface area (Å²) in [4.78, 5) is 17.2. The lowest BCUT2D eigenvalue weighted by atomic mass is 10.0. The van der Waals surface area contributed by atoms with Gasteiger partial charge in [-0.05, 0) is 38.3 Å². The Labute approximate surface area is 94.9 Å². The molecule has 1 aliphatic rings. The third kappa shape index (κ3) is 2.01. The van der Waals surface area contributed by atoms with E-state index in [0.717, 1.165) is 25.1 Å². The van der Waals surface area contributed by atoms with Crippen LogP contribution in [0.5, 0.6) is 0 Å². The number of aromatic carboxylic acids is 1. The van der Waals surface area contributed by atoms with Gasteiger partial charge >= 0.3 is 5.97 Å². The number of rotatable bonds is 2. The van der Waals surface area contributed by atoms with Crippen LogP contribution in [0, 0.1) is 0 Å². The Balaban J connectivity index is 2.34. The first-order valence-corrected chi connectivity index (χ1v) is 5.65. The average molecular weight is 220 g/mol. The van der Waals surface area contributed by atoms with Gasteiger partial charge in [0.1, 0.15) is 0 Å². The molecule has 0 aromatic carbocycles. The molecule has 0 spiro atoms. The number of nitrogens with zero attached hydrogens (tertiary/aromatic N) is 2. The molecule has 1 atom stereocenters. The van der Waals surface area contributed by atoms with Gasteiger partial charge in [-0.2, -0.15) is 0 Å². The summed E-state index contributed by atoms with van der Waals surface area (Å²) in [5.74, 6) is -0.951. The summed E-state index contributed by atoms with van der Waals surface area (Å²) in [5.41, 5.74) is 0.915. The van der Waals surface area contributed by atoms with Crippen LogP contribution in [0.2, 0.25) is 0 Å². The van der Waals surface area contributed by atoms with E-state index in [4.69, 9.17) is 5.11 Å². The van der Waals surface area contributed by atoms with Gasteiger partial charge in [-0.3, -0.25) is 0 Å². The standard InChI is InChI=1S/C12H16N2O2/c1-9-5-2-3-8-14(9)10-6-4-7-13-11(10)12(15)16/h4,6-7,9H,2-3,5,8H2,1H3,(H,15,16). The summed E-state index contributed by atoms with van der Waals surface area (Å²) < 4.78 is 0. The second kappa shape index (κ2) is 4.51. The molecule has 0 bridgehead atoms. The van der Waals surface area contributed by atoms with Crippen molar-refractivity contribution in [1.29, 1.82) is 0 Å². The summed E-state index contributed by atoms with van der Waals surface area (Å²) in [7, 11) is 0. The maximum atomic E-state index is 11.1. The van der Waals surface area contributed by atoms with Crippen LogP contribution in [-0.4, -0.2) is 28.6 Å². The van der Waals surface area contributed by atoms with E-state index >= 15 is 0 Å². The van der Waals surface area contributed by atoms with Gasteiger partial charge in [0.15, 0.2) is 5.69 Å². The van der Waals surface area contributed by atoms with E-state index in [2.05, 4.69) is 16.8 Å². The number of carbonyl (C=O) groups is 1. The van der Waals surface area contributed by atoms with Gasteiger partial charge in [0.05, 0.1) is 5.69 Å². The molecule has 1 fully saturated rings. The van der Waals surface area contributed by atoms with E-state index in [1.54, 1.807) is 6.07 Å². The summed E-state index contributed by atoms with van der Waals surface area (Å²) in [6.07, 6.45) is 4.99. The molecule has 4 heteroatoms. The number of carboxylic acids is 1. The van der Waals surface area contributed by atoms with E-state index in [1.165, 1.54) is 12.6 Å². The van der Waals surface area contributed by atoms with Gasteiger partial charge in [0.2, 0.25) is 0 Å². The first kappa shape index (κ1) is 10.9. The van der Waals surface area contributed by atoms with Crippen LogP contribution in [-0.2, 0) is 0 Å². The zero-order valence-electron chi connectivity index (χ0n) is 9.39. The van der Waals surface area contributed by atoms with Crippen molar-refractivity contribution >= 4 is 11.7 Å². The largest absolute Gasteiger partial charge is 0.476 e. The highest BCUT2D eigenvalue weighted by Gasteiger charge is 2.23. The van der Waals surface area contributed by atoms with Crippen molar-refractivity contribution in [3.8, 4) is 0 Å². The lowest BCUT2D eigenvalue weighted by Crippen LogP contribution is -2.38. The third-order valence-corrected chi connectivity index (χ3v) is 3.10. The SMILES string of the molecule is CC1CCCCN1c1cccnc1C(=O)O. The minimum Gasteiger partial charge on any atom is -0.476 e. The van der Waals surface area contributed by atoms with Gasteiger partial charge in [-0.25, -0.2) is 9.78 Å². The lowest BCUT2D eigenvalue weighted by molar-refractivity contribution is 0.0691. The monoisotopic (exact) mass is 220 g/mol. The van der Waals surface area contributed by atoms with Crippen LogP contribution < -0.4 is 4.90 Å². The highest BCUT2D eigenvalue weighted by Crippen LogP contribution is 2.26. The zero-order valence-corrected chi connectivity index (χ0v) is 9.39. The molecule has 0 saturated carbocycles. The fraction of sp³-hybridized carbons (Fsp3) is 0.500. The maximum Gasteiger partial charge on any atom is 0.356 e. The van der Waals surface area contributed by atoms with E-state index in [1.807, 2.05) is 6.07 Å². The van der Waals surface area contributed by atoms with Gasteiger partial charge in [0.25, 0.3) is 0 Å². The van der Waals surface area contributed by atoms with Gasteiger partial charge in [0, 0.05) is 18.8 Å². The van der Waals surface area contributed by atoms with Crippen LogP contribution in [0.1, 0.15) is 36.7 Å². The zero-order chi connectivity index (χ0) is 11.5. The van der Waals surface area contributed by atoms with Crippen LogP contribution in [0.15, 0.2) is 18.3 Å². The Bertz CT molecular complexity index is 392. The number of carboxylic acid groups (broad SMARTS) is 1. The fourth-order valence-electron chi connectivity index (χ4n) is 2.25. The highest BCUT2D eigenvalue weighted by molar-refractivity contribution is 5.92. The van der Waals surface area contributed by atoms with Crippen molar-refractivity contribution in [2.24, 2.45) is 0 Å². The number of hydrogen-bond acceptors (Lipinski definition) is 3. The lowest BCUT2D eigenvalue weighted by Gasteiger charge is -2.35. The number of hydrogen-bond donors (Lipinski definition) is 1. The number of aromatic nitrogens is 1. The smallest absolute Gasteiger partial charge is 0.356 e. The fourth-order valence-corrected chi connectivity index (χ4v) is 2.25.